The van der Waals surface area contributed by atoms with Gasteiger partial charge in [0.2, 0.25) is 5.82 Å². The van der Waals surface area contributed by atoms with Gasteiger partial charge in [-0.25, -0.2) is 18.7 Å². The van der Waals surface area contributed by atoms with Crippen molar-refractivity contribution in [2.75, 3.05) is 76.3 Å². The maximum absolute atomic E-state index is 14.5. The molecule has 0 N–H and O–H groups in total. The van der Waals surface area contributed by atoms with Crippen LogP contribution in [0.5, 0.6) is 5.75 Å². The Morgan fingerprint density at radius 2 is 1.44 bits per heavy atom. The van der Waals surface area contributed by atoms with E-state index in [1.165, 1.54) is 11.2 Å². The second-order valence-electron chi connectivity index (χ2n) is 7.87. The fourth-order valence-electron chi connectivity index (χ4n) is 3.94. The molecule has 2 fully saturated rings. The Kier molecular flexibility index (Phi) is 6.35. The second-order valence-corrected chi connectivity index (χ2v) is 7.87. The summed E-state index contributed by atoms with van der Waals surface area (Å²) in [4.78, 5) is 29.4. The number of hydrogen-bond acceptors (Lipinski definition) is 7. The Hall–Kier alpha value is -3.08. The van der Waals surface area contributed by atoms with Crippen LogP contribution < -0.4 is 14.5 Å². The number of anilines is 2. The molecule has 0 bridgehead atoms. The average molecular weight is 450 g/mol. The number of rotatable bonds is 4. The molecule has 1 amide bonds. The highest BCUT2D eigenvalue weighted by Crippen LogP contribution is 2.28. The van der Waals surface area contributed by atoms with Gasteiger partial charge >= 0.3 is 0 Å². The van der Waals surface area contributed by atoms with Gasteiger partial charge < -0.3 is 24.3 Å². The van der Waals surface area contributed by atoms with Gasteiger partial charge in [-0.05, 0) is 13.1 Å². The maximum Gasteiger partial charge on any atom is 0.257 e. The van der Waals surface area contributed by atoms with Gasteiger partial charge in [0.1, 0.15) is 18.0 Å². The Balaban J connectivity index is 1.43. The van der Waals surface area contributed by atoms with Crippen molar-refractivity contribution in [3.63, 3.8) is 0 Å². The van der Waals surface area contributed by atoms with Crippen LogP contribution in [0.15, 0.2) is 18.5 Å². The van der Waals surface area contributed by atoms with Gasteiger partial charge in [-0.3, -0.25) is 4.79 Å². The molecule has 3 heterocycles. The molecule has 0 unspecified atom stereocenters. The molecule has 2 aliphatic rings. The highest BCUT2D eigenvalue weighted by Gasteiger charge is 2.29. The zero-order valence-electron chi connectivity index (χ0n) is 18.0. The number of aromatic nitrogens is 2. The number of likely N-dealkylation sites (N-methyl/N-ethyl adjacent to an activating group) is 1. The lowest BCUT2D eigenvalue weighted by Crippen LogP contribution is -2.49. The van der Waals surface area contributed by atoms with Gasteiger partial charge in [0.05, 0.1) is 12.7 Å². The largest absolute Gasteiger partial charge is 0.491 e. The summed E-state index contributed by atoms with van der Waals surface area (Å²) in [5.41, 5.74) is -0.548. The number of halogens is 3. The molecule has 4 rings (SSSR count). The van der Waals surface area contributed by atoms with Crippen LogP contribution in [0.4, 0.5) is 24.8 Å². The highest BCUT2D eigenvalue weighted by atomic mass is 19.2. The lowest BCUT2D eigenvalue weighted by Gasteiger charge is -2.36. The first-order valence-electron chi connectivity index (χ1n) is 10.4. The second kappa shape index (κ2) is 9.19. The minimum absolute atomic E-state index is 0.285. The molecule has 172 valence electrons. The van der Waals surface area contributed by atoms with E-state index in [4.69, 9.17) is 0 Å². The molecule has 0 aliphatic carbocycles. The summed E-state index contributed by atoms with van der Waals surface area (Å²) in [5.74, 6) is -3.98. The predicted molar refractivity (Wildman–Crippen MR) is 113 cm³/mol. The summed E-state index contributed by atoms with van der Waals surface area (Å²) in [6, 6.07) is 2.51. The Morgan fingerprint density at radius 1 is 0.875 bits per heavy atom. The highest BCUT2D eigenvalue weighted by molar-refractivity contribution is 5.95. The molecule has 2 saturated heterocycles. The smallest absolute Gasteiger partial charge is 0.257 e. The normalized spacial score (nSPS) is 17.6. The van der Waals surface area contributed by atoms with E-state index < -0.39 is 34.7 Å². The van der Waals surface area contributed by atoms with Crippen LogP contribution in [0.3, 0.4) is 0 Å². The predicted octanol–water partition coefficient (Wildman–Crippen LogP) is 1.62. The lowest BCUT2D eigenvalue weighted by molar-refractivity contribution is 0.0740. The van der Waals surface area contributed by atoms with E-state index in [1.807, 2.05) is 11.0 Å². The first-order chi connectivity index (χ1) is 15.4. The summed E-state index contributed by atoms with van der Waals surface area (Å²) < 4.78 is 46.6. The molecular formula is C21H25F3N6O2. The number of carbonyl (C=O) groups excluding carboxylic acids is 1. The minimum Gasteiger partial charge on any atom is -0.491 e. The fourth-order valence-corrected chi connectivity index (χ4v) is 3.94. The van der Waals surface area contributed by atoms with Gasteiger partial charge in [0.15, 0.2) is 17.4 Å². The third-order valence-corrected chi connectivity index (χ3v) is 5.91. The van der Waals surface area contributed by atoms with E-state index in [0.29, 0.717) is 19.2 Å². The SMILES string of the molecule is COc1c(F)c(F)cc(C(=O)N2CCN(c3cc(N4CCN(C)CC4)ncn3)CC2)c1F. The molecule has 2 aliphatic heterocycles. The topological polar surface area (TPSA) is 65.0 Å². The number of hydrogen-bond donors (Lipinski definition) is 0. The first-order valence-corrected chi connectivity index (χ1v) is 10.4. The van der Waals surface area contributed by atoms with Crippen LogP contribution in [-0.2, 0) is 0 Å². The third kappa shape index (κ3) is 4.29. The van der Waals surface area contributed by atoms with Crippen molar-refractivity contribution in [2.45, 2.75) is 0 Å². The number of benzene rings is 1. The van der Waals surface area contributed by atoms with E-state index in [2.05, 4.69) is 31.6 Å². The molecule has 1 aromatic heterocycles. The van der Waals surface area contributed by atoms with E-state index >= 15 is 0 Å². The Labute approximate surface area is 184 Å². The van der Waals surface area contributed by atoms with Crippen LogP contribution in [0.1, 0.15) is 10.4 Å². The Morgan fingerprint density at radius 3 is 2.00 bits per heavy atom. The maximum atomic E-state index is 14.5. The van der Waals surface area contributed by atoms with Crippen molar-refractivity contribution in [3.05, 3.63) is 41.5 Å². The van der Waals surface area contributed by atoms with Crippen LogP contribution in [0.25, 0.3) is 0 Å². The zero-order valence-corrected chi connectivity index (χ0v) is 18.0. The molecule has 0 saturated carbocycles. The number of carbonyl (C=O) groups is 1. The van der Waals surface area contributed by atoms with E-state index in [1.54, 1.807) is 0 Å². The van der Waals surface area contributed by atoms with Gasteiger partial charge in [-0.2, -0.15) is 4.39 Å². The molecule has 8 nitrogen and oxygen atoms in total. The summed E-state index contributed by atoms with van der Waals surface area (Å²) in [6.07, 6.45) is 1.53. The molecule has 32 heavy (non-hydrogen) atoms. The zero-order chi connectivity index (χ0) is 22.8. The van der Waals surface area contributed by atoms with Crippen molar-refractivity contribution >= 4 is 17.5 Å². The van der Waals surface area contributed by atoms with Crippen LogP contribution in [0.2, 0.25) is 0 Å². The van der Waals surface area contributed by atoms with Crippen molar-refractivity contribution in [3.8, 4) is 5.75 Å². The summed E-state index contributed by atoms with van der Waals surface area (Å²) in [7, 11) is 3.11. The molecule has 1 aromatic carbocycles. The monoisotopic (exact) mass is 450 g/mol. The molecular weight excluding hydrogens is 425 g/mol. The minimum atomic E-state index is -1.45. The summed E-state index contributed by atoms with van der Waals surface area (Å²) >= 11 is 0. The van der Waals surface area contributed by atoms with Gasteiger partial charge in [-0.15, -0.1) is 0 Å². The fraction of sp³-hybridized carbons (Fsp3) is 0.476. The Bertz CT molecular complexity index is 992. The third-order valence-electron chi connectivity index (χ3n) is 5.91. The van der Waals surface area contributed by atoms with E-state index in [9.17, 15) is 18.0 Å². The van der Waals surface area contributed by atoms with Crippen LogP contribution in [-0.4, -0.2) is 92.2 Å². The number of piperazine rings is 2. The molecule has 0 spiro atoms. The summed E-state index contributed by atoms with van der Waals surface area (Å²) in [5, 5.41) is 0. The number of methoxy groups -OCH3 is 1. The van der Waals surface area contributed by atoms with Gasteiger partial charge in [0.25, 0.3) is 5.91 Å². The number of nitrogens with zero attached hydrogens (tertiary/aromatic N) is 6. The van der Waals surface area contributed by atoms with E-state index in [0.717, 1.165) is 44.9 Å². The first kappa shape index (κ1) is 22.1. The van der Waals surface area contributed by atoms with Crippen LogP contribution >= 0.6 is 0 Å². The van der Waals surface area contributed by atoms with Crippen LogP contribution in [0, 0.1) is 17.5 Å². The lowest BCUT2D eigenvalue weighted by atomic mass is 10.1. The van der Waals surface area contributed by atoms with Crippen molar-refractivity contribution in [2.24, 2.45) is 0 Å². The van der Waals surface area contributed by atoms with E-state index in [-0.39, 0.29) is 13.1 Å². The quantitative estimate of drug-likeness (QED) is 0.656. The number of ether oxygens (including phenoxy) is 1. The van der Waals surface area contributed by atoms with Crippen molar-refractivity contribution in [1.29, 1.82) is 0 Å². The van der Waals surface area contributed by atoms with Crippen molar-refractivity contribution in [1.82, 2.24) is 19.8 Å². The van der Waals surface area contributed by atoms with Gasteiger partial charge in [-0.1, -0.05) is 0 Å². The average Bonchev–Trinajstić information content (AvgIpc) is 2.82. The number of amides is 1. The molecule has 0 radical (unpaired) electrons. The summed E-state index contributed by atoms with van der Waals surface area (Å²) in [6.45, 7) is 5.20. The standard InChI is InChI=1S/C21H25F3N6O2/c1-27-3-5-28(6-4-27)16-12-17(26-13-25-16)29-7-9-30(10-8-29)21(31)14-11-15(22)19(24)20(32-2)18(14)23/h11-13H,3-10H2,1-2H3. The van der Waals surface area contributed by atoms with Crippen molar-refractivity contribution < 1.29 is 22.7 Å². The molecule has 0 atom stereocenters. The van der Waals surface area contributed by atoms with Gasteiger partial charge in [0, 0.05) is 58.4 Å². The molecule has 11 heteroatoms. The molecule has 2 aromatic rings.